The van der Waals surface area contributed by atoms with Crippen LogP contribution in [0.5, 0.6) is 0 Å². The van der Waals surface area contributed by atoms with Gasteiger partial charge in [-0.3, -0.25) is 9.35 Å². The maximum Gasteiger partial charge on any atom is 0.270 e. The van der Waals surface area contributed by atoms with Crippen molar-refractivity contribution in [2.75, 3.05) is 0 Å². The highest BCUT2D eigenvalue weighted by Crippen LogP contribution is 2.27. The number of unbranched alkanes of at least 4 members (excludes halogenated alkanes) is 1. The van der Waals surface area contributed by atoms with Crippen molar-refractivity contribution in [1.82, 2.24) is 5.32 Å². The lowest BCUT2D eigenvalue weighted by molar-refractivity contribution is -0.117. The number of rotatable bonds is 11. The molecule has 6 heteroatoms. The third-order valence-electron chi connectivity index (χ3n) is 3.75. The van der Waals surface area contributed by atoms with Gasteiger partial charge in [0.1, 0.15) is 5.25 Å². The summed E-state index contributed by atoms with van der Waals surface area (Å²) in [5.41, 5.74) is 0. The largest absolute Gasteiger partial charge is 0.348 e. The zero-order chi connectivity index (χ0) is 16.5. The van der Waals surface area contributed by atoms with E-state index in [1.165, 1.54) is 0 Å². The minimum atomic E-state index is -4.23. The van der Waals surface area contributed by atoms with Crippen molar-refractivity contribution in [3.05, 3.63) is 12.7 Å². The molecule has 2 N–H and O–H groups in total. The fourth-order valence-corrected chi connectivity index (χ4v) is 4.18. The Hall–Kier alpha value is -0.880. The summed E-state index contributed by atoms with van der Waals surface area (Å²) in [6.07, 6.45) is 5.71. The second-order valence-electron chi connectivity index (χ2n) is 5.40. The first-order valence-electron chi connectivity index (χ1n) is 7.70. The molecule has 0 spiro atoms. The van der Waals surface area contributed by atoms with Crippen LogP contribution in [0.4, 0.5) is 0 Å². The first-order valence-corrected chi connectivity index (χ1v) is 9.21. The second-order valence-corrected chi connectivity index (χ2v) is 6.97. The molecule has 5 nitrogen and oxygen atoms in total. The van der Waals surface area contributed by atoms with Gasteiger partial charge in [-0.25, -0.2) is 0 Å². The van der Waals surface area contributed by atoms with Crippen LogP contribution in [0.1, 0.15) is 59.3 Å². The van der Waals surface area contributed by atoms with Gasteiger partial charge in [0.2, 0.25) is 5.91 Å². The Balaban J connectivity index is 5.38. The lowest BCUT2D eigenvalue weighted by Gasteiger charge is -2.31. The summed E-state index contributed by atoms with van der Waals surface area (Å²) in [6, 6.07) is -0.598. The molecule has 0 aromatic carbocycles. The van der Waals surface area contributed by atoms with Gasteiger partial charge in [-0.05, 0) is 31.3 Å². The summed E-state index contributed by atoms with van der Waals surface area (Å²) in [4.78, 5) is 11.5. The number of amides is 1. The molecular weight excluding hydrogens is 290 g/mol. The molecular formula is C15H29NO4S. The summed E-state index contributed by atoms with van der Waals surface area (Å²) in [5.74, 6) is -0.568. The van der Waals surface area contributed by atoms with Gasteiger partial charge in [-0.15, -0.1) is 0 Å². The van der Waals surface area contributed by atoms with Gasteiger partial charge in [-0.2, -0.15) is 8.42 Å². The molecule has 0 aliphatic carbocycles. The Morgan fingerprint density at radius 1 is 1.24 bits per heavy atom. The first kappa shape index (κ1) is 20.1. The fraction of sp³-hybridized carbons (Fsp3) is 0.800. The molecule has 0 radical (unpaired) electrons. The highest BCUT2D eigenvalue weighted by Gasteiger charge is 2.37. The summed E-state index contributed by atoms with van der Waals surface area (Å²) < 4.78 is 33.4. The lowest BCUT2D eigenvalue weighted by atomic mass is 9.89. The SMILES string of the molecule is C=CC(=O)NC(CC)C(C(CCC)CCCC)S(=O)(=O)O. The van der Waals surface area contributed by atoms with Crippen molar-refractivity contribution < 1.29 is 17.8 Å². The molecule has 0 heterocycles. The minimum absolute atomic E-state index is 0.153. The quantitative estimate of drug-likeness (QED) is 0.453. The van der Waals surface area contributed by atoms with E-state index in [9.17, 15) is 17.8 Å². The Bertz CT molecular complexity index is 419. The molecule has 0 aliphatic heterocycles. The van der Waals surface area contributed by atoms with E-state index >= 15 is 0 Å². The van der Waals surface area contributed by atoms with Crippen molar-refractivity contribution in [3.8, 4) is 0 Å². The Morgan fingerprint density at radius 2 is 1.86 bits per heavy atom. The van der Waals surface area contributed by atoms with Gasteiger partial charge >= 0.3 is 0 Å². The monoisotopic (exact) mass is 319 g/mol. The summed E-state index contributed by atoms with van der Waals surface area (Å²) >= 11 is 0. The van der Waals surface area contributed by atoms with Crippen molar-refractivity contribution in [2.45, 2.75) is 70.6 Å². The van der Waals surface area contributed by atoms with Crippen LogP contribution in [0.2, 0.25) is 0 Å². The van der Waals surface area contributed by atoms with E-state index in [1.54, 1.807) is 6.92 Å². The van der Waals surface area contributed by atoms with Gasteiger partial charge in [0.05, 0.1) is 0 Å². The van der Waals surface area contributed by atoms with Gasteiger partial charge in [0.25, 0.3) is 10.1 Å². The number of hydrogen-bond donors (Lipinski definition) is 2. The van der Waals surface area contributed by atoms with E-state index in [-0.39, 0.29) is 5.92 Å². The fourth-order valence-electron chi connectivity index (χ4n) is 2.75. The zero-order valence-corrected chi connectivity index (χ0v) is 14.2. The number of carbonyl (C=O) groups is 1. The van der Waals surface area contributed by atoms with Crippen LogP contribution in [-0.2, 0) is 14.9 Å². The average Bonchev–Trinajstić information content (AvgIpc) is 2.42. The smallest absolute Gasteiger partial charge is 0.270 e. The van der Waals surface area contributed by atoms with Crippen molar-refractivity contribution in [2.24, 2.45) is 5.92 Å². The molecule has 21 heavy (non-hydrogen) atoms. The normalized spacial score (nSPS) is 16.0. The van der Waals surface area contributed by atoms with Crippen LogP contribution in [-0.4, -0.2) is 30.2 Å². The molecule has 1 amide bonds. The summed E-state index contributed by atoms with van der Waals surface area (Å²) in [6.45, 7) is 9.21. The van der Waals surface area contributed by atoms with E-state index in [1.807, 2.05) is 13.8 Å². The molecule has 0 bridgehead atoms. The predicted octanol–water partition coefficient (Wildman–Crippen LogP) is 2.93. The van der Waals surface area contributed by atoms with Gasteiger partial charge < -0.3 is 5.32 Å². The molecule has 3 atom stereocenters. The number of nitrogens with one attached hydrogen (secondary N) is 1. The topological polar surface area (TPSA) is 83.5 Å². The molecule has 3 unspecified atom stereocenters. The third-order valence-corrected chi connectivity index (χ3v) is 5.15. The van der Waals surface area contributed by atoms with Gasteiger partial charge in [-0.1, -0.05) is 46.6 Å². The highest BCUT2D eigenvalue weighted by molar-refractivity contribution is 7.86. The molecule has 0 aliphatic rings. The molecule has 0 rings (SSSR count). The van der Waals surface area contributed by atoms with E-state index in [2.05, 4.69) is 11.9 Å². The van der Waals surface area contributed by atoms with Crippen LogP contribution in [0.3, 0.4) is 0 Å². The van der Waals surface area contributed by atoms with Crippen LogP contribution in [0.15, 0.2) is 12.7 Å². The van der Waals surface area contributed by atoms with E-state index in [0.717, 1.165) is 31.8 Å². The molecule has 0 saturated carbocycles. The molecule has 124 valence electrons. The third kappa shape index (κ3) is 7.09. The Morgan fingerprint density at radius 3 is 2.24 bits per heavy atom. The highest BCUT2D eigenvalue weighted by atomic mass is 32.2. The van der Waals surface area contributed by atoms with Crippen molar-refractivity contribution >= 4 is 16.0 Å². The maximum absolute atomic E-state index is 11.9. The van der Waals surface area contributed by atoms with Crippen LogP contribution >= 0.6 is 0 Å². The van der Waals surface area contributed by atoms with E-state index < -0.39 is 27.3 Å². The summed E-state index contributed by atoms with van der Waals surface area (Å²) in [7, 11) is -4.23. The molecule has 0 saturated heterocycles. The van der Waals surface area contributed by atoms with Crippen LogP contribution in [0.25, 0.3) is 0 Å². The molecule has 0 aromatic heterocycles. The van der Waals surface area contributed by atoms with Crippen molar-refractivity contribution in [1.29, 1.82) is 0 Å². The standard InChI is InChI=1S/C15H29NO4S/c1-5-9-11-12(10-6-2)15(21(18,19)20)13(7-3)16-14(17)8-4/h8,12-13,15H,4-7,9-11H2,1-3H3,(H,16,17)(H,18,19,20). The second kappa shape index (κ2) is 9.95. The zero-order valence-electron chi connectivity index (χ0n) is 13.3. The summed E-state index contributed by atoms with van der Waals surface area (Å²) in [5, 5.41) is 1.68. The lowest BCUT2D eigenvalue weighted by Crippen LogP contribution is -2.49. The van der Waals surface area contributed by atoms with E-state index in [0.29, 0.717) is 12.8 Å². The van der Waals surface area contributed by atoms with E-state index in [4.69, 9.17) is 0 Å². The van der Waals surface area contributed by atoms with Gasteiger partial charge in [0, 0.05) is 6.04 Å². The average molecular weight is 319 g/mol. The molecule has 0 aromatic rings. The molecule has 0 fully saturated rings. The minimum Gasteiger partial charge on any atom is -0.348 e. The number of hydrogen-bond acceptors (Lipinski definition) is 3. The number of carbonyl (C=O) groups excluding carboxylic acids is 1. The van der Waals surface area contributed by atoms with Crippen LogP contribution in [0, 0.1) is 5.92 Å². The first-order chi connectivity index (χ1) is 9.81. The Kier molecular flexibility index (Phi) is 9.53. The maximum atomic E-state index is 11.9. The van der Waals surface area contributed by atoms with Gasteiger partial charge in [0.15, 0.2) is 0 Å². The Labute approximate surface area is 128 Å². The van der Waals surface area contributed by atoms with Crippen LogP contribution < -0.4 is 5.32 Å². The van der Waals surface area contributed by atoms with Crippen molar-refractivity contribution in [3.63, 3.8) is 0 Å². The predicted molar refractivity (Wildman–Crippen MR) is 85.7 cm³/mol.